The Kier molecular flexibility index (Phi) is 4.71. The van der Waals surface area contributed by atoms with E-state index >= 15 is 0 Å². The molecule has 0 aromatic carbocycles. The molecule has 7 heteroatoms. The highest BCUT2D eigenvalue weighted by molar-refractivity contribution is 5.22. The molecule has 0 spiro atoms. The molecule has 4 rings (SSSR count). The molecular formula is C17H24N6O. The summed E-state index contributed by atoms with van der Waals surface area (Å²) in [6, 6.07) is 4.58. The van der Waals surface area contributed by atoms with E-state index in [1.165, 1.54) is 5.69 Å². The third-order valence-corrected chi connectivity index (χ3v) is 4.92. The maximum atomic E-state index is 5.54. The van der Waals surface area contributed by atoms with Crippen molar-refractivity contribution in [3.63, 3.8) is 0 Å². The summed E-state index contributed by atoms with van der Waals surface area (Å²) in [6.07, 6.45) is 7.69. The summed E-state index contributed by atoms with van der Waals surface area (Å²) in [6.45, 7) is 5.57. The fourth-order valence-corrected chi connectivity index (χ4v) is 3.65. The fourth-order valence-electron chi connectivity index (χ4n) is 3.65. The zero-order valence-corrected chi connectivity index (χ0v) is 13.8. The Bertz CT molecular complexity index is 640. The Balaban J connectivity index is 1.46. The summed E-state index contributed by atoms with van der Waals surface area (Å²) >= 11 is 0. The Morgan fingerprint density at radius 2 is 1.96 bits per heavy atom. The number of aromatic nitrogens is 4. The van der Waals surface area contributed by atoms with Crippen molar-refractivity contribution >= 4 is 5.95 Å². The van der Waals surface area contributed by atoms with Crippen LogP contribution in [0, 0.1) is 5.92 Å². The summed E-state index contributed by atoms with van der Waals surface area (Å²) in [4.78, 5) is 11.1. The van der Waals surface area contributed by atoms with Gasteiger partial charge in [-0.3, -0.25) is 9.58 Å². The van der Waals surface area contributed by atoms with Gasteiger partial charge in [0.05, 0.1) is 5.69 Å². The number of ether oxygens (including phenoxy) is 1. The first-order chi connectivity index (χ1) is 11.9. The SMILES string of the molecule is c1cnc(NCC2CN(C3CCOCC3)Cc3ccnn3C2)nc1. The maximum absolute atomic E-state index is 5.54. The Morgan fingerprint density at radius 1 is 1.12 bits per heavy atom. The van der Waals surface area contributed by atoms with Crippen LogP contribution in [-0.2, 0) is 17.8 Å². The van der Waals surface area contributed by atoms with E-state index in [-0.39, 0.29) is 0 Å². The first-order valence-electron chi connectivity index (χ1n) is 8.72. The minimum atomic E-state index is 0.470. The highest BCUT2D eigenvalue weighted by Crippen LogP contribution is 2.23. The second kappa shape index (κ2) is 7.27. The molecule has 0 amide bonds. The number of anilines is 1. The van der Waals surface area contributed by atoms with Crippen molar-refractivity contribution in [3.8, 4) is 0 Å². The first-order valence-corrected chi connectivity index (χ1v) is 8.72. The Morgan fingerprint density at radius 3 is 2.79 bits per heavy atom. The van der Waals surface area contributed by atoms with Gasteiger partial charge in [0, 0.05) is 69.9 Å². The molecule has 0 aliphatic carbocycles. The van der Waals surface area contributed by atoms with Gasteiger partial charge in [0.15, 0.2) is 0 Å². The first kappa shape index (κ1) is 15.5. The van der Waals surface area contributed by atoms with E-state index in [0.717, 1.165) is 52.2 Å². The second-order valence-electron chi connectivity index (χ2n) is 6.60. The van der Waals surface area contributed by atoms with Crippen molar-refractivity contribution in [2.24, 2.45) is 5.92 Å². The van der Waals surface area contributed by atoms with Gasteiger partial charge in [-0.2, -0.15) is 5.10 Å². The van der Waals surface area contributed by atoms with Gasteiger partial charge in [0.1, 0.15) is 0 Å². The van der Waals surface area contributed by atoms with E-state index in [1.807, 2.05) is 12.3 Å². The minimum Gasteiger partial charge on any atom is -0.381 e. The summed E-state index contributed by atoms with van der Waals surface area (Å²) in [7, 11) is 0. The van der Waals surface area contributed by atoms with Crippen molar-refractivity contribution in [2.75, 3.05) is 31.6 Å². The molecule has 2 aliphatic rings. The van der Waals surface area contributed by atoms with Crippen molar-refractivity contribution < 1.29 is 4.74 Å². The highest BCUT2D eigenvalue weighted by Gasteiger charge is 2.28. The number of nitrogens with one attached hydrogen (secondary N) is 1. The fraction of sp³-hybridized carbons (Fsp3) is 0.588. The average molecular weight is 328 g/mol. The zero-order chi connectivity index (χ0) is 16.2. The van der Waals surface area contributed by atoms with Gasteiger partial charge >= 0.3 is 0 Å². The highest BCUT2D eigenvalue weighted by atomic mass is 16.5. The molecule has 0 radical (unpaired) electrons. The quantitative estimate of drug-likeness (QED) is 0.915. The number of hydrogen-bond acceptors (Lipinski definition) is 6. The second-order valence-corrected chi connectivity index (χ2v) is 6.60. The number of rotatable bonds is 4. The lowest BCUT2D eigenvalue weighted by Gasteiger charge is -2.34. The molecule has 1 fully saturated rings. The molecule has 2 aromatic heterocycles. The molecule has 4 heterocycles. The van der Waals surface area contributed by atoms with Crippen LogP contribution in [0.5, 0.6) is 0 Å². The van der Waals surface area contributed by atoms with Crippen LogP contribution in [-0.4, -0.2) is 57.0 Å². The van der Waals surface area contributed by atoms with Crippen LogP contribution in [0.4, 0.5) is 5.95 Å². The Labute approximate surface area is 142 Å². The van der Waals surface area contributed by atoms with Crippen molar-refractivity contribution in [1.29, 1.82) is 0 Å². The third kappa shape index (κ3) is 3.57. The topological polar surface area (TPSA) is 68.1 Å². The number of fused-ring (bicyclic) bond motifs is 1. The van der Waals surface area contributed by atoms with Crippen LogP contribution >= 0.6 is 0 Å². The maximum Gasteiger partial charge on any atom is 0.222 e. The summed E-state index contributed by atoms with van der Waals surface area (Å²) in [5.41, 5.74) is 1.31. The summed E-state index contributed by atoms with van der Waals surface area (Å²) in [5.74, 6) is 1.16. The molecular weight excluding hydrogens is 304 g/mol. The normalized spacial score (nSPS) is 22.8. The van der Waals surface area contributed by atoms with Crippen LogP contribution < -0.4 is 5.32 Å². The standard InChI is InChI=1S/C17H24N6O/c1-5-18-17(19-6-1)20-10-14-11-22(15-3-8-24-9-4-15)13-16-2-7-21-23(16)12-14/h1-2,5-7,14-15H,3-4,8-13H2,(H,18,19,20). The van der Waals surface area contributed by atoms with E-state index in [2.05, 4.69) is 36.0 Å². The summed E-state index contributed by atoms with van der Waals surface area (Å²) in [5, 5.41) is 7.88. The molecule has 1 N–H and O–H groups in total. The van der Waals surface area contributed by atoms with Gasteiger partial charge in [0.25, 0.3) is 0 Å². The lowest BCUT2D eigenvalue weighted by Crippen LogP contribution is -2.42. The van der Waals surface area contributed by atoms with Gasteiger partial charge in [0.2, 0.25) is 5.95 Å². The van der Waals surface area contributed by atoms with Gasteiger partial charge in [-0.05, 0) is 25.0 Å². The van der Waals surface area contributed by atoms with E-state index in [4.69, 9.17) is 4.74 Å². The molecule has 128 valence electrons. The zero-order valence-electron chi connectivity index (χ0n) is 13.8. The molecule has 1 saturated heterocycles. The van der Waals surface area contributed by atoms with Gasteiger partial charge in [-0.25, -0.2) is 9.97 Å². The van der Waals surface area contributed by atoms with Crippen molar-refractivity contribution in [3.05, 3.63) is 36.4 Å². The smallest absolute Gasteiger partial charge is 0.222 e. The van der Waals surface area contributed by atoms with E-state index in [9.17, 15) is 0 Å². The molecule has 1 atom stereocenters. The van der Waals surface area contributed by atoms with Crippen LogP contribution in [0.25, 0.3) is 0 Å². The largest absolute Gasteiger partial charge is 0.381 e. The van der Waals surface area contributed by atoms with Crippen molar-refractivity contribution in [1.82, 2.24) is 24.6 Å². The molecule has 24 heavy (non-hydrogen) atoms. The lowest BCUT2D eigenvalue weighted by atomic mass is 10.0. The lowest BCUT2D eigenvalue weighted by molar-refractivity contribution is 0.0270. The number of hydrogen-bond donors (Lipinski definition) is 1. The molecule has 2 aliphatic heterocycles. The van der Waals surface area contributed by atoms with Gasteiger partial charge in [-0.1, -0.05) is 0 Å². The molecule has 1 unspecified atom stereocenters. The molecule has 0 saturated carbocycles. The van der Waals surface area contributed by atoms with Crippen LogP contribution in [0.3, 0.4) is 0 Å². The van der Waals surface area contributed by atoms with E-state index in [0.29, 0.717) is 17.9 Å². The minimum absolute atomic E-state index is 0.470. The number of nitrogens with zero attached hydrogens (tertiary/aromatic N) is 5. The van der Waals surface area contributed by atoms with Gasteiger partial charge in [-0.15, -0.1) is 0 Å². The molecule has 2 aromatic rings. The monoisotopic (exact) mass is 328 g/mol. The van der Waals surface area contributed by atoms with Gasteiger partial charge < -0.3 is 10.1 Å². The molecule has 0 bridgehead atoms. The molecule has 7 nitrogen and oxygen atoms in total. The van der Waals surface area contributed by atoms with Crippen molar-refractivity contribution in [2.45, 2.75) is 32.0 Å². The third-order valence-electron chi connectivity index (χ3n) is 4.92. The van der Waals surface area contributed by atoms with Crippen LogP contribution in [0.1, 0.15) is 18.5 Å². The van der Waals surface area contributed by atoms with Crippen LogP contribution in [0.15, 0.2) is 30.7 Å². The van der Waals surface area contributed by atoms with Crippen LogP contribution in [0.2, 0.25) is 0 Å². The predicted molar refractivity (Wildman–Crippen MR) is 90.5 cm³/mol. The Hall–Kier alpha value is -1.99. The summed E-state index contributed by atoms with van der Waals surface area (Å²) < 4.78 is 7.69. The predicted octanol–water partition coefficient (Wildman–Crippen LogP) is 1.40. The van der Waals surface area contributed by atoms with E-state index in [1.54, 1.807) is 12.4 Å². The average Bonchev–Trinajstić information content (AvgIpc) is 2.99. The van der Waals surface area contributed by atoms with E-state index < -0.39 is 0 Å².